The molecule has 4 N–H and O–H groups in total. The van der Waals surface area contributed by atoms with E-state index in [-0.39, 0.29) is 30.2 Å². The maximum atomic E-state index is 11.0. The molecular weight excluding hydrogens is 314 g/mol. The minimum absolute atomic E-state index is 0.0267. The molecule has 0 radical (unpaired) electrons. The molecule has 0 aliphatic carbocycles. The summed E-state index contributed by atoms with van der Waals surface area (Å²) >= 11 is 0. The maximum Gasteiger partial charge on any atom is 0.233 e. The van der Waals surface area contributed by atoms with Gasteiger partial charge in [0.1, 0.15) is 5.78 Å². The number of carbonyl (C=O) groups excluding carboxylic acids is 2. The van der Waals surface area contributed by atoms with Gasteiger partial charge in [0.05, 0.1) is 6.54 Å². The summed E-state index contributed by atoms with van der Waals surface area (Å²) in [6, 6.07) is 8.22. The van der Waals surface area contributed by atoms with Gasteiger partial charge in [-0.25, -0.2) is 0 Å². The summed E-state index contributed by atoms with van der Waals surface area (Å²) in [5, 5.41) is 4.03. The summed E-state index contributed by atoms with van der Waals surface area (Å²) in [7, 11) is 0. The number of Topliss-reactive ketones (excluding diaryl/α,β-unsaturated/α-hetero) is 1. The largest absolute Gasteiger partial charge is 0.361 e. The van der Waals surface area contributed by atoms with E-state index in [0.29, 0.717) is 6.42 Å². The summed E-state index contributed by atoms with van der Waals surface area (Å²) in [5.74, 6) is 0.121. The number of nitrogens with two attached hydrogens (primary N) is 1. The van der Waals surface area contributed by atoms with Crippen molar-refractivity contribution in [2.75, 3.05) is 6.54 Å². The quantitative estimate of drug-likeness (QED) is 0.772. The molecule has 1 aromatic heterocycles. The minimum atomic E-state index is -0.208. The summed E-state index contributed by atoms with van der Waals surface area (Å²) in [4.78, 5) is 25.0. The molecule has 0 fully saturated rings. The molecule has 5 nitrogen and oxygen atoms in total. The van der Waals surface area contributed by atoms with Crippen LogP contribution in [0, 0.1) is 12.8 Å². The number of aryl methyl sites for hydroxylation is 1. The second-order valence-electron chi connectivity index (χ2n) is 6.05. The number of nitrogens with one attached hydrogen (secondary N) is 2. The van der Waals surface area contributed by atoms with E-state index in [1.54, 1.807) is 0 Å². The fourth-order valence-electron chi connectivity index (χ4n) is 2.25. The van der Waals surface area contributed by atoms with Crippen molar-refractivity contribution < 1.29 is 9.59 Å². The summed E-state index contributed by atoms with van der Waals surface area (Å²) in [6.45, 7) is 11.5. The van der Waals surface area contributed by atoms with Gasteiger partial charge in [0.25, 0.3) is 0 Å². The van der Waals surface area contributed by atoms with Gasteiger partial charge in [-0.15, -0.1) is 0 Å². The third kappa shape index (κ3) is 8.49. The average Bonchev–Trinajstić information content (AvgIpc) is 2.97. The number of para-hydroxylation sites is 1. The Bertz CT molecular complexity index is 647. The van der Waals surface area contributed by atoms with E-state index in [1.807, 2.05) is 40.0 Å². The van der Waals surface area contributed by atoms with Crippen LogP contribution in [0.1, 0.15) is 46.6 Å². The number of carbonyl (C=O) groups is 2. The molecule has 5 heteroatoms. The standard InChI is InChI=1S/C9H18N2O2.C9H9N.C2H6/c1-6(2)8(4-7(3)12)11-9(13)5-10;1-7-6-10-9-5-3-2-4-8(7)9;1-2/h6,8H,4-5,10H2,1-3H3,(H,11,13);2-6,10H,1H3;1-2H3. The first kappa shape index (κ1) is 22.9. The van der Waals surface area contributed by atoms with Crippen molar-refractivity contribution in [3.63, 3.8) is 0 Å². The lowest BCUT2D eigenvalue weighted by Gasteiger charge is -2.20. The molecule has 1 unspecified atom stereocenters. The van der Waals surface area contributed by atoms with E-state index in [1.165, 1.54) is 23.4 Å². The monoisotopic (exact) mass is 347 g/mol. The molecule has 2 aromatic rings. The molecule has 25 heavy (non-hydrogen) atoms. The Morgan fingerprint density at radius 3 is 2.28 bits per heavy atom. The first-order valence-electron chi connectivity index (χ1n) is 8.86. The number of amides is 1. The predicted octanol–water partition coefficient (Wildman–Crippen LogP) is 3.57. The minimum Gasteiger partial charge on any atom is -0.361 e. The van der Waals surface area contributed by atoms with Gasteiger partial charge in [-0.3, -0.25) is 9.59 Å². The van der Waals surface area contributed by atoms with Crippen molar-refractivity contribution in [2.24, 2.45) is 11.7 Å². The zero-order valence-electron chi connectivity index (χ0n) is 16.3. The second kappa shape index (κ2) is 12.3. The van der Waals surface area contributed by atoms with E-state index in [9.17, 15) is 9.59 Å². The second-order valence-corrected chi connectivity index (χ2v) is 6.05. The van der Waals surface area contributed by atoms with E-state index in [2.05, 4.69) is 35.4 Å². The number of benzene rings is 1. The van der Waals surface area contributed by atoms with Gasteiger partial charge < -0.3 is 16.0 Å². The van der Waals surface area contributed by atoms with Crippen molar-refractivity contribution >= 4 is 22.6 Å². The average molecular weight is 348 g/mol. The van der Waals surface area contributed by atoms with Gasteiger partial charge >= 0.3 is 0 Å². The number of hydrogen-bond donors (Lipinski definition) is 3. The smallest absolute Gasteiger partial charge is 0.233 e. The van der Waals surface area contributed by atoms with Crippen LogP contribution >= 0.6 is 0 Å². The Labute approximate surface area is 151 Å². The Kier molecular flexibility index (Phi) is 11.2. The molecule has 2 rings (SSSR count). The molecule has 1 atom stereocenters. The molecule has 0 saturated heterocycles. The van der Waals surface area contributed by atoms with Crippen LogP contribution in [0.3, 0.4) is 0 Å². The highest BCUT2D eigenvalue weighted by molar-refractivity contribution is 5.82. The highest BCUT2D eigenvalue weighted by Gasteiger charge is 2.16. The number of ketones is 1. The van der Waals surface area contributed by atoms with Gasteiger partial charge in [-0.05, 0) is 31.4 Å². The Morgan fingerprint density at radius 1 is 1.20 bits per heavy atom. The van der Waals surface area contributed by atoms with Crippen molar-refractivity contribution in [3.8, 4) is 0 Å². The number of H-pyrrole nitrogens is 1. The highest BCUT2D eigenvalue weighted by atomic mass is 16.2. The van der Waals surface area contributed by atoms with Crippen LogP contribution in [0.15, 0.2) is 30.5 Å². The lowest BCUT2D eigenvalue weighted by atomic mass is 9.99. The molecule has 1 heterocycles. The first-order valence-corrected chi connectivity index (χ1v) is 8.86. The molecule has 0 spiro atoms. The van der Waals surface area contributed by atoms with E-state index >= 15 is 0 Å². The van der Waals surface area contributed by atoms with Crippen LogP contribution in [-0.2, 0) is 9.59 Å². The summed E-state index contributed by atoms with van der Waals surface area (Å²) in [5.41, 5.74) is 7.69. The van der Waals surface area contributed by atoms with Crippen molar-refractivity contribution in [1.29, 1.82) is 0 Å². The third-order valence-electron chi connectivity index (χ3n) is 3.64. The molecule has 0 bridgehead atoms. The number of rotatable bonds is 5. The number of aromatic nitrogens is 1. The Balaban J connectivity index is 0.000000426. The highest BCUT2D eigenvalue weighted by Crippen LogP contribution is 2.15. The predicted molar refractivity (Wildman–Crippen MR) is 106 cm³/mol. The van der Waals surface area contributed by atoms with Gasteiger partial charge in [0.2, 0.25) is 5.91 Å². The third-order valence-corrected chi connectivity index (χ3v) is 3.64. The molecule has 0 aliphatic heterocycles. The van der Waals surface area contributed by atoms with Crippen LogP contribution in [0.25, 0.3) is 10.9 Å². The van der Waals surface area contributed by atoms with Crippen molar-refractivity contribution in [2.45, 2.75) is 54.0 Å². The lowest BCUT2D eigenvalue weighted by molar-refractivity contribution is -0.121. The van der Waals surface area contributed by atoms with Crippen LogP contribution in [0.2, 0.25) is 0 Å². The molecule has 140 valence electrons. The Hall–Kier alpha value is -2.14. The van der Waals surface area contributed by atoms with E-state index in [0.717, 1.165) is 0 Å². The van der Waals surface area contributed by atoms with Gasteiger partial charge in [0, 0.05) is 29.6 Å². The summed E-state index contributed by atoms with van der Waals surface area (Å²) < 4.78 is 0. The normalized spacial score (nSPS) is 11.0. The van der Waals surface area contributed by atoms with Gasteiger partial charge in [-0.1, -0.05) is 45.9 Å². The Morgan fingerprint density at radius 2 is 1.80 bits per heavy atom. The summed E-state index contributed by atoms with van der Waals surface area (Å²) in [6.07, 6.45) is 2.41. The molecular formula is C20H33N3O2. The van der Waals surface area contributed by atoms with Crippen LogP contribution in [0.4, 0.5) is 0 Å². The topological polar surface area (TPSA) is 88.0 Å². The fraction of sp³-hybridized carbons (Fsp3) is 0.500. The number of aromatic amines is 1. The van der Waals surface area contributed by atoms with E-state index < -0.39 is 0 Å². The SMILES string of the molecule is CC.CC(=O)CC(NC(=O)CN)C(C)C.Cc1c[nH]c2ccccc12. The molecule has 0 saturated carbocycles. The maximum absolute atomic E-state index is 11.0. The molecule has 1 aromatic carbocycles. The van der Waals surface area contributed by atoms with Crippen molar-refractivity contribution in [1.82, 2.24) is 10.3 Å². The van der Waals surface area contributed by atoms with Crippen molar-refractivity contribution in [3.05, 3.63) is 36.0 Å². The zero-order chi connectivity index (χ0) is 19.4. The van der Waals surface area contributed by atoms with Crippen LogP contribution in [-0.4, -0.2) is 29.3 Å². The molecule has 0 aliphatic rings. The van der Waals surface area contributed by atoms with Gasteiger partial charge in [0.15, 0.2) is 0 Å². The first-order chi connectivity index (χ1) is 11.8. The number of hydrogen-bond acceptors (Lipinski definition) is 3. The fourth-order valence-corrected chi connectivity index (χ4v) is 2.25. The molecule has 1 amide bonds. The number of fused-ring (bicyclic) bond motifs is 1. The zero-order valence-corrected chi connectivity index (χ0v) is 16.3. The van der Waals surface area contributed by atoms with Crippen LogP contribution < -0.4 is 11.1 Å². The van der Waals surface area contributed by atoms with Gasteiger partial charge in [-0.2, -0.15) is 0 Å². The van der Waals surface area contributed by atoms with Crippen LogP contribution in [0.5, 0.6) is 0 Å². The van der Waals surface area contributed by atoms with E-state index in [4.69, 9.17) is 5.73 Å². The lowest BCUT2D eigenvalue weighted by Crippen LogP contribution is -2.42.